The molecule has 0 aromatic heterocycles. The lowest BCUT2D eigenvalue weighted by molar-refractivity contribution is 0.244. The zero-order valence-electron chi connectivity index (χ0n) is 11.1. The Labute approximate surface area is 103 Å². The summed E-state index contributed by atoms with van der Waals surface area (Å²) in [6, 6.07) is 3.54. The van der Waals surface area contributed by atoms with E-state index in [4.69, 9.17) is 5.73 Å². The van der Waals surface area contributed by atoms with Crippen LogP contribution in [0.25, 0.3) is 0 Å². The first-order valence-corrected chi connectivity index (χ1v) is 5.65. The molecule has 2 amide bonds. The average Bonchev–Trinajstić information content (AvgIpc) is 2.11. The van der Waals surface area contributed by atoms with Crippen LogP contribution in [0.1, 0.15) is 31.9 Å². The quantitative estimate of drug-likeness (QED) is 0.655. The van der Waals surface area contributed by atoms with Crippen molar-refractivity contribution in [3.05, 3.63) is 23.3 Å². The van der Waals surface area contributed by atoms with Crippen molar-refractivity contribution in [2.45, 2.75) is 40.2 Å². The molecule has 94 valence electrons. The molecule has 0 radical (unpaired) electrons. The van der Waals surface area contributed by atoms with Crippen molar-refractivity contribution < 1.29 is 4.79 Å². The summed E-state index contributed by atoms with van der Waals surface area (Å²) in [5.74, 6) is 0. The van der Waals surface area contributed by atoms with Gasteiger partial charge in [-0.3, -0.25) is 0 Å². The van der Waals surface area contributed by atoms with E-state index in [0.29, 0.717) is 0 Å². The summed E-state index contributed by atoms with van der Waals surface area (Å²) >= 11 is 0. The van der Waals surface area contributed by atoms with Crippen LogP contribution in [-0.2, 0) is 0 Å². The highest BCUT2D eigenvalue weighted by atomic mass is 16.2. The number of aryl methyl sites for hydroxylation is 2. The molecule has 4 nitrogen and oxygen atoms in total. The zero-order chi connectivity index (χ0) is 13.2. The average molecular weight is 235 g/mol. The van der Waals surface area contributed by atoms with Gasteiger partial charge in [-0.25, -0.2) is 4.79 Å². The number of nitrogen functional groups attached to an aromatic ring is 1. The van der Waals surface area contributed by atoms with Crippen molar-refractivity contribution >= 4 is 17.4 Å². The van der Waals surface area contributed by atoms with Crippen LogP contribution in [0.4, 0.5) is 16.2 Å². The molecule has 1 rings (SSSR count). The van der Waals surface area contributed by atoms with E-state index in [2.05, 4.69) is 10.6 Å². The van der Waals surface area contributed by atoms with Crippen molar-refractivity contribution in [1.29, 1.82) is 0 Å². The Morgan fingerprint density at radius 2 is 1.76 bits per heavy atom. The molecule has 4 heteroatoms. The first-order valence-electron chi connectivity index (χ1n) is 5.65. The molecule has 0 aliphatic carbocycles. The summed E-state index contributed by atoms with van der Waals surface area (Å²) in [6.07, 6.45) is 0. The molecule has 0 atom stereocenters. The fourth-order valence-electron chi connectivity index (χ4n) is 1.47. The van der Waals surface area contributed by atoms with Crippen molar-refractivity contribution in [2.24, 2.45) is 0 Å². The van der Waals surface area contributed by atoms with E-state index >= 15 is 0 Å². The molecule has 17 heavy (non-hydrogen) atoms. The normalized spacial score (nSPS) is 11.1. The molecule has 0 saturated heterocycles. The lowest BCUT2D eigenvalue weighted by Gasteiger charge is -2.21. The second-order valence-electron chi connectivity index (χ2n) is 5.35. The maximum absolute atomic E-state index is 11.7. The molecule has 0 spiro atoms. The number of carbonyl (C=O) groups excluding carboxylic acids is 1. The zero-order valence-corrected chi connectivity index (χ0v) is 11.1. The summed E-state index contributed by atoms with van der Waals surface area (Å²) in [5, 5.41) is 5.68. The number of nitrogens with one attached hydrogen (secondary N) is 2. The van der Waals surface area contributed by atoms with Crippen molar-refractivity contribution in [3.8, 4) is 0 Å². The molecular formula is C13H21N3O. The SMILES string of the molecule is Cc1cc(NC(=O)NC(C)(C)C)c(C)cc1N. The summed E-state index contributed by atoms with van der Waals surface area (Å²) in [5.41, 5.74) is 8.99. The number of hydrogen-bond acceptors (Lipinski definition) is 2. The van der Waals surface area contributed by atoms with E-state index < -0.39 is 0 Å². The largest absolute Gasteiger partial charge is 0.399 e. The first kappa shape index (κ1) is 13.4. The standard InChI is InChI=1S/C13H21N3O/c1-8-7-11(9(2)6-10(8)14)15-12(17)16-13(3,4)5/h6-7H,14H2,1-5H3,(H2,15,16,17). The van der Waals surface area contributed by atoms with E-state index in [1.807, 2.05) is 46.8 Å². The van der Waals surface area contributed by atoms with Crippen LogP contribution in [0.5, 0.6) is 0 Å². The fraction of sp³-hybridized carbons (Fsp3) is 0.462. The number of hydrogen-bond donors (Lipinski definition) is 3. The topological polar surface area (TPSA) is 67.2 Å². The van der Waals surface area contributed by atoms with Crippen molar-refractivity contribution in [1.82, 2.24) is 5.32 Å². The number of rotatable bonds is 1. The number of carbonyl (C=O) groups is 1. The van der Waals surface area contributed by atoms with Gasteiger partial charge >= 0.3 is 6.03 Å². The molecule has 0 saturated carbocycles. The van der Waals surface area contributed by atoms with E-state index in [1.165, 1.54) is 0 Å². The first-order chi connectivity index (χ1) is 7.69. The Morgan fingerprint density at radius 3 is 2.29 bits per heavy atom. The predicted octanol–water partition coefficient (Wildman–Crippen LogP) is 2.81. The predicted molar refractivity (Wildman–Crippen MR) is 72.2 cm³/mol. The van der Waals surface area contributed by atoms with Gasteiger partial charge in [-0.1, -0.05) is 0 Å². The number of benzene rings is 1. The molecule has 4 N–H and O–H groups in total. The number of nitrogens with two attached hydrogens (primary N) is 1. The van der Waals surface area contributed by atoms with Gasteiger partial charge in [0.05, 0.1) is 0 Å². The molecule has 0 heterocycles. The van der Waals surface area contributed by atoms with Crippen LogP contribution in [-0.4, -0.2) is 11.6 Å². The second kappa shape index (κ2) is 4.65. The minimum absolute atomic E-state index is 0.204. The molecule has 0 unspecified atom stereocenters. The van der Waals surface area contributed by atoms with Gasteiger partial charge in [0.15, 0.2) is 0 Å². The van der Waals surface area contributed by atoms with Gasteiger partial charge in [-0.05, 0) is 57.9 Å². The van der Waals surface area contributed by atoms with Crippen LogP contribution in [0, 0.1) is 13.8 Å². The Morgan fingerprint density at radius 1 is 1.18 bits per heavy atom. The number of anilines is 2. The summed E-state index contributed by atoms with van der Waals surface area (Å²) in [6.45, 7) is 9.65. The van der Waals surface area contributed by atoms with Gasteiger partial charge in [-0.2, -0.15) is 0 Å². The molecular weight excluding hydrogens is 214 g/mol. The molecule has 1 aromatic carbocycles. The Bertz CT molecular complexity index is 433. The molecule has 0 bridgehead atoms. The van der Waals surface area contributed by atoms with Crippen LogP contribution in [0.3, 0.4) is 0 Å². The summed E-state index contributed by atoms with van der Waals surface area (Å²) in [7, 11) is 0. The Hall–Kier alpha value is -1.71. The van der Waals surface area contributed by atoms with Gasteiger partial charge < -0.3 is 16.4 Å². The molecule has 1 aromatic rings. The minimum Gasteiger partial charge on any atom is -0.399 e. The van der Waals surface area contributed by atoms with Gasteiger partial charge in [0.2, 0.25) is 0 Å². The van der Waals surface area contributed by atoms with E-state index in [1.54, 1.807) is 0 Å². The van der Waals surface area contributed by atoms with Crippen LogP contribution >= 0.6 is 0 Å². The van der Waals surface area contributed by atoms with Crippen LogP contribution in [0.2, 0.25) is 0 Å². The summed E-state index contributed by atoms with van der Waals surface area (Å²) in [4.78, 5) is 11.7. The second-order valence-corrected chi connectivity index (χ2v) is 5.35. The highest BCUT2D eigenvalue weighted by molar-refractivity contribution is 5.91. The lowest BCUT2D eigenvalue weighted by Crippen LogP contribution is -2.43. The molecule has 0 aliphatic rings. The van der Waals surface area contributed by atoms with Gasteiger partial charge in [0.25, 0.3) is 0 Å². The van der Waals surface area contributed by atoms with Crippen molar-refractivity contribution in [2.75, 3.05) is 11.1 Å². The third kappa shape index (κ3) is 3.98. The Balaban J connectivity index is 2.82. The lowest BCUT2D eigenvalue weighted by atomic mass is 10.1. The van der Waals surface area contributed by atoms with E-state index in [0.717, 1.165) is 22.5 Å². The Kier molecular flexibility index (Phi) is 3.66. The third-order valence-electron chi connectivity index (χ3n) is 2.35. The summed E-state index contributed by atoms with van der Waals surface area (Å²) < 4.78 is 0. The maximum Gasteiger partial charge on any atom is 0.319 e. The number of urea groups is 1. The molecule has 0 aliphatic heterocycles. The van der Waals surface area contributed by atoms with Gasteiger partial charge in [0, 0.05) is 16.9 Å². The highest BCUT2D eigenvalue weighted by Gasteiger charge is 2.14. The fourth-order valence-corrected chi connectivity index (χ4v) is 1.47. The number of amides is 2. The highest BCUT2D eigenvalue weighted by Crippen LogP contribution is 2.22. The van der Waals surface area contributed by atoms with E-state index in [9.17, 15) is 4.79 Å². The smallest absolute Gasteiger partial charge is 0.319 e. The molecule has 0 fully saturated rings. The maximum atomic E-state index is 11.7. The third-order valence-corrected chi connectivity index (χ3v) is 2.35. The van der Waals surface area contributed by atoms with Gasteiger partial charge in [0.1, 0.15) is 0 Å². The van der Waals surface area contributed by atoms with Crippen LogP contribution in [0.15, 0.2) is 12.1 Å². The minimum atomic E-state index is -0.249. The van der Waals surface area contributed by atoms with E-state index in [-0.39, 0.29) is 11.6 Å². The van der Waals surface area contributed by atoms with Crippen LogP contribution < -0.4 is 16.4 Å². The monoisotopic (exact) mass is 235 g/mol. The van der Waals surface area contributed by atoms with Crippen molar-refractivity contribution in [3.63, 3.8) is 0 Å². The van der Waals surface area contributed by atoms with Gasteiger partial charge in [-0.15, -0.1) is 0 Å².